The van der Waals surface area contributed by atoms with Gasteiger partial charge in [0.1, 0.15) is 0 Å². The summed E-state index contributed by atoms with van der Waals surface area (Å²) in [6.07, 6.45) is 1.57. The molecule has 0 aliphatic carbocycles. The molecule has 0 atom stereocenters. The number of hydrogen-bond donors (Lipinski definition) is 2. The molecule has 0 aliphatic rings. The Morgan fingerprint density at radius 3 is 3.00 bits per heavy atom. The van der Waals surface area contributed by atoms with Crippen molar-refractivity contribution in [3.63, 3.8) is 0 Å². The van der Waals surface area contributed by atoms with Gasteiger partial charge in [-0.05, 0) is 17.9 Å². The molecule has 0 aliphatic heterocycles. The lowest BCUT2D eigenvalue weighted by atomic mass is 10.3. The van der Waals surface area contributed by atoms with Gasteiger partial charge in [0.25, 0.3) is 5.91 Å². The highest BCUT2D eigenvalue weighted by molar-refractivity contribution is 8.01. The van der Waals surface area contributed by atoms with E-state index in [0.29, 0.717) is 5.13 Å². The third-order valence-corrected chi connectivity index (χ3v) is 4.16. The van der Waals surface area contributed by atoms with Crippen LogP contribution in [0.15, 0.2) is 27.2 Å². The number of hydrogen-bond acceptors (Lipinski definition) is 7. The van der Waals surface area contributed by atoms with Crippen molar-refractivity contribution >= 4 is 40.0 Å². The lowest BCUT2D eigenvalue weighted by Crippen LogP contribution is -2.27. The smallest absolute Gasteiger partial charge is 0.286 e. The number of amides is 2. The normalized spacial score (nSPS) is 10.3. The molecule has 112 valence electrons. The van der Waals surface area contributed by atoms with Crippen LogP contribution < -0.4 is 10.6 Å². The summed E-state index contributed by atoms with van der Waals surface area (Å²) in [7, 11) is 0. The number of anilines is 1. The first kappa shape index (κ1) is 15.5. The molecule has 2 N–H and O–H groups in total. The SMILES string of the molecule is CCSc1nnc(NC(=O)CCNC(=O)c2ccco2)s1. The van der Waals surface area contributed by atoms with Crippen molar-refractivity contribution in [3.05, 3.63) is 24.2 Å². The second kappa shape index (κ2) is 7.79. The van der Waals surface area contributed by atoms with Gasteiger partial charge in [-0.2, -0.15) is 0 Å². The highest BCUT2D eigenvalue weighted by atomic mass is 32.2. The van der Waals surface area contributed by atoms with Gasteiger partial charge < -0.3 is 15.1 Å². The van der Waals surface area contributed by atoms with Crippen LogP contribution in [0.4, 0.5) is 5.13 Å². The average molecular weight is 326 g/mol. The number of carbonyl (C=O) groups is 2. The molecule has 0 spiro atoms. The van der Waals surface area contributed by atoms with Crippen LogP contribution in [0.2, 0.25) is 0 Å². The molecule has 0 radical (unpaired) electrons. The van der Waals surface area contributed by atoms with E-state index in [0.717, 1.165) is 10.1 Å². The Morgan fingerprint density at radius 2 is 2.29 bits per heavy atom. The highest BCUT2D eigenvalue weighted by Gasteiger charge is 2.10. The molecule has 9 heteroatoms. The minimum absolute atomic E-state index is 0.155. The monoisotopic (exact) mass is 326 g/mol. The predicted molar refractivity (Wildman–Crippen MR) is 80.6 cm³/mol. The van der Waals surface area contributed by atoms with Gasteiger partial charge in [-0.15, -0.1) is 10.2 Å². The maximum Gasteiger partial charge on any atom is 0.286 e. The number of nitrogens with one attached hydrogen (secondary N) is 2. The summed E-state index contributed by atoms with van der Waals surface area (Å²) in [5.41, 5.74) is 0. The summed E-state index contributed by atoms with van der Waals surface area (Å²) < 4.78 is 5.76. The fourth-order valence-corrected chi connectivity index (χ4v) is 3.07. The van der Waals surface area contributed by atoms with Crippen molar-refractivity contribution in [3.8, 4) is 0 Å². The van der Waals surface area contributed by atoms with E-state index in [-0.39, 0.29) is 30.5 Å². The Labute approximate surface area is 129 Å². The lowest BCUT2D eigenvalue weighted by molar-refractivity contribution is -0.116. The molecule has 0 saturated carbocycles. The summed E-state index contributed by atoms with van der Waals surface area (Å²) >= 11 is 2.90. The van der Waals surface area contributed by atoms with Crippen LogP contribution in [0.25, 0.3) is 0 Å². The second-order valence-electron chi connectivity index (χ2n) is 3.84. The zero-order valence-corrected chi connectivity index (χ0v) is 12.9. The van der Waals surface area contributed by atoms with Crippen molar-refractivity contribution in [1.82, 2.24) is 15.5 Å². The fourth-order valence-electron chi connectivity index (χ4n) is 1.41. The zero-order chi connectivity index (χ0) is 15.1. The third-order valence-electron chi connectivity index (χ3n) is 2.30. The lowest BCUT2D eigenvalue weighted by Gasteiger charge is -2.02. The standard InChI is InChI=1S/C12H14N4O3S2/c1-2-20-12-16-15-11(21-12)14-9(17)5-6-13-10(18)8-4-3-7-19-8/h3-4,7H,2,5-6H2,1H3,(H,13,18)(H,14,15,17). The summed E-state index contributed by atoms with van der Waals surface area (Å²) in [6.45, 7) is 2.24. The Hall–Kier alpha value is -1.87. The molecule has 2 amide bonds. The molecule has 2 heterocycles. The van der Waals surface area contributed by atoms with Gasteiger partial charge in [-0.25, -0.2) is 0 Å². The van der Waals surface area contributed by atoms with Crippen molar-refractivity contribution in [2.75, 3.05) is 17.6 Å². The molecular formula is C12H14N4O3S2. The van der Waals surface area contributed by atoms with E-state index < -0.39 is 0 Å². The molecule has 2 aromatic rings. The summed E-state index contributed by atoms with van der Waals surface area (Å²) in [5.74, 6) is 0.562. The van der Waals surface area contributed by atoms with Crippen LogP contribution in [0.3, 0.4) is 0 Å². The van der Waals surface area contributed by atoms with Crippen LogP contribution >= 0.6 is 23.1 Å². The van der Waals surface area contributed by atoms with Crippen molar-refractivity contribution in [2.45, 2.75) is 17.7 Å². The molecular weight excluding hydrogens is 312 g/mol. The molecule has 21 heavy (non-hydrogen) atoms. The molecule has 0 fully saturated rings. The van der Waals surface area contributed by atoms with E-state index in [4.69, 9.17) is 4.42 Å². The molecule has 2 rings (SSSR count). The maximum atomic E-state index is 11.7. The first-order valence-electron chi connectivity index (χ1n) is 6.27. The third kappa shape index (κ3) is 4.87. The van der Waals surface area contributed by atoms with Crippen LogP contribution in [-0.4, -0.2) is 34.3 Å². The second-order valence-corrected chi connectivity index (χ2v) is 6.33. The number of carbonyl (C=O) groups excluding carboxylic acids is 2. The molecule has 0 aromatic carbocycles. The first-order chi connectivity index (χ1) is 10.2. The maximum absolute atomic E-state index is 11.7. The van der Waals surface area contributed by atoms with E-state index >= 15 is 0 Å². The van der Waals surface area contributed by atoms with Crippen LogP contribution in [0, 0.1) is 0 Å². The van der Waals surface area contributed by atoms with Gasteiger partial charge in [-0.3, -0.25) is 9.59 Å². The van der Waals surface area contributed by atoms with Gasteiger partial charge in [0.2, 0.25) is 11.0 Å². The summed E-state index contributed by atoms with van der Waals surface area (Å²) in [6, 6.07) is 3.19. The first-order valence-corrected chi connectivity index (χ1v) is 8.07. The topological polar surface area (TPSA) is 97.1 Å². The fraction of sp³-hybridized carbons (Fsp3) is 0.333. The highest BCUT2D eigenvalue weighted by Crippen LogP contribution is 2.24. The van der Waals surface area contributed by atoms with Gasteiger partial charge in [0, 0.05) is 13.0 Å². The average Bonchev–Trinajstić information content (AvgIpc) is 3.10. The van der Waals surface area contributed by atoms with E-state index in [9.17, 15) is 9.59 Å². The Morgan fingerprint density at radius 1 is 1.43 bits per heavy atom. The molecule has 2 aromatic heterocycles. The number of rotatable bonds is 7. The van der Waals surface area contributed by atoms with E-state index in [1.165, 1.54) is 17.6 Å². The van der Waals surface area contributed by atoms with Gasteiger partial charge in [-0.1, -0.05) is 30.0 Å². The van der Waals surface area contributed by atoms with Crippen LogP contribution in [0.1, 0.15) is 23.9 Å². The molecule has 0 bridgehead atoms. The number of aromatic nitrogens is 2. The zero-order valence-electron chi connectivity index (χ0n) is 11.3. The summed E-state index contributed by atoms with van der Waals surface area (Å²) in [4.78, 5) is 23.3. The predicted octanol–water partition coefficient (Wildman–Crippen LogP) is 2.00. The van der Waals surface area contributed by atoms with Crippen LogP contribution in [0.5, 0.6) is 0 Å². The van der Waals surface area contributed by atoms with E-state index in [1.807, 2.05) is 6.92 Å². The quantitative estimate of drug-likeness (QED) is 0.596. The van der Waals surface area contributed by atoms with Crippen LogP contribution in [-0.2, 0) is 4.79 Å². The molecule has 7 nitrogen and oxygen atoms in total. The number of nitrogens with zero attached hydrogens (tertiary/aromatic N) is 2. The minimum atomic E-state index is -0.342. The Balaban J connectivity index is 1.70. The Bertz CT molecular complexity index is 597. The van der Waals surface area contributed by atoms with Crippen molar-refractivity contribution < 1.29 is 14.0 Å². The van der Waals surface area contributed by atoms with Gasteiger partial charge in [0.15, 0.2) is 10.1 Å². The minimum Gasteiger partial charge on any atom is -0.459 e. The molecule has 0 saturated heterocycles. The Kier molecular flexibility index (Phi) is 5.76. The van der Waals surface area contributed by atoms with Crippen molar-refractivity contribution in [1.29, 1.82) is 0 Å². The van der Waals surface area contributed by atoms with E-state index in [1.54, 1.807) is 23.9 Å². The summed E-state index contributed by atoms with van der Waals surface area (Å²) in [5, 5.41) is 13.5. The largest absolute Gasteiger partial charge is 0.459 e. The molecule has 0 unspecified atom stereocenters. The van der Waals surface area contributed by atoms with Crippen molar-refractivity contribution in [2.24, 2.45) is 0 Å². The van der Waals surface area contributed by atoms with E-state index in [2.05, 4.69) is 20.8 Å². The van der Waals surface area contributed by atoms with Gasteiger partial charge in [0.05, 0.1) is 6.26 Å². The number of furan rings is 1. The van der Waals surface area contributed by atoms with Gasteiger partial charge >= 0.3 is 0 Å². The number of thioether (sulfide) groups is 1.